The van der Waals surface area contributed by atoms with Crippen LogP contribution in [0, 0.1) is 6.92 Å². The number of nitrogens with one attached hydrogen (secondary N) is 1. The lowest BCUT2D eigenvalue weighted by atomic mass is 9.80. The highest BCUT2D eigenvalue weighted by Crippen LogP contribution is 2.33. The van der Waals surface area contributed by atoms with Crippen molar-refractivity contribution >= 4 is 5.91 Å². The molecule has 1 amide bonds. The first-order valence-electron chi connectivity index (χ1n) is 8.73. The van der Waals surface area contributed by atoms with Gasteiger partial charge >= 0.3 is 0 Å². The summed E-state index contributed by atoms with van der Waals surface area (Å²) in [6.45, 7) is 3.81. The van der Waals surface area contributed by atoms with Crippen LogP contribution in [0.3, 0.4) is 0 Å². The van der Waals surface area contributed by atoms with Crippen molar-refractivity contribution in [2.75, 3.05) is 0 Å². The molecule has 0 fully saturated rings. The van der Waals surface area contributed by atoms with E-state index < -0.39 is 11.6 Å². The summed E-state index contributed by atoms with van der Waals surface area (Å²) in [7, 11) is 0. The van der Waals surface area contributed by atoms with Gasteiger partial charge in [0.15, 0.2) is 0 Å². The lowest BCUT2D eigenvalue weighted by Crippen LogP contribution is -2.49. The Balaban J connectivity index is 1.94. The van der Waals surface area contributed by atoms with Crippen molar-refractivity contribution in [1.29, 1.82) is 0 Å². The number of aryl methyl sites for hydroxylation is 1. The number of carbonyl (C=O) groups is 1. The number of amides is 1. The zero-order valence-electron chi connectivity index (χ0n) is 15.0. The molecule has 0 saturated carbocycles. The molecule has 3 heteroatoms. The van der Waals surface area contributed by atoms with Crippen molar-refractivity contribution in [3.05, 3.63) is 107 Å². The number of carbonyl (C=O) groups excluding carboxylic acids is 1. The van der Waals surface area contributed by atoms with E-state index in [4.69, 9.17) is 0 Å². The molecule has 0 radical (unpaired) electrons. The first kappa shape index (κ1) is 17.9. The maximum absolute atomic E-state index is 12.7. The third-order valence-electron chi connectivity index (χ3n) is 4.72. The Morgan fingerprint density at radius 2 is 1.31 bits per heavy atom. The van der Waals surface area contributed by atoms with E-state index in [-0.39, 0.29) is 5.91 Å². The van der Waals surface area contributed by atoms with Gasteiger partial charge < -0.3 is 10.4 Å². The Morgan fingerprint density at radius 1 is 0.846 bits per heavy atom. The highest BCUT2D eigenvalue weighted by molar-refractivity contribution is 5.94. The van der Waals surface area contributed by atoms with Crippen molar-refractivity contribution in [1.82, 2.24) is 5.32 Å². The monoisotopic (exact) mass is 345 g/mol. The summed E-state index contributed by atoms with van der Waals surface area (Å²) in [6, 6.07) is 25.7. The molecule has 1 atom stereocenters. The SMILES string of the molecule is Cc1ccc(C(=O)N[C@@H](C)C(O)(c2ccccc2)c2ccccc2)cc1. The quantitative estimate of drug-likeness (QED) is 0.733. The zero-order chi connectivity index (χ0) is 18.6. The molecule has 3 nitrogen and oxygen atoms in total. The van der Waals surface area contributed by atoms with Gasteiger partial charge in [0.2, 0.25) is 0 Å². The van der Waals surface area contributed by atoms with Gasteiger partial charge in [0, 0.05) is 5.56 Å². The summed E-state index contributed by atoms with van der Waals surface area (Å²) >= 11 is 0. The Hall–Kier alpha value is -2.91. The van der Waals surface area contributed by atoms with Crippen molar-refractivity contribution in [3.8, 4) is 0 Å². The molecular weight excluding hydrogens is 322 g/mol. The van der Waals surface area contributed by atoms with Crippen LogP contribution in [0.2, 0.25) is 0 Å². The smallest absolute Gasteiger partial charge is 0.251 e. The molecule has 3 rings (SSSR count). The molecule has 0 aromatic heterocycles. The molecule has 0 aliphatic rings. The third kappa shape index (κ3) is 3.53. The van der Waals surface area contributed by atoms with E-state index >= 15 is 0 Å². The first-order chi connectivity index (χ1) is 12.5. The van der Waals surface area contributed by atoms with Crippen LogP contribution in [0.4, 0.5) is 0 Å². The summed E-state index contributed by atoms with van der Waals surface area (Å²) in [5.41, 5.74) is 1.82. The van der Waals surface area contributed by atoms with Gasteiger partial charge in [-0.3, -0.25) is 4.79 Å². The first-order valence-corrected chi connectivity index (χ1v) is 8.73. The van der Waals surface area contributed by atoms with Crippen LogP contribution in [-0.2, 0) is 5.60 Å². The van der Waals surface area contributed by atoms with E-state index in [1.807, 2.05) is 86.6 Å². The van der Waals surface area contributed by atoms with Gasteiger partial charge in [-0.05, 0) is 37.1 Å². The van der Waals surface area contributed by atoms with Gasteiger partial charge in [-0.2, -0.15) is 0 Å². The highest BCUT2D eigenvalue weighted by atomic mass is 16.3. The normalized spacial score (nSPS) is 12.4. The molecule has 0 bridgehead atoms. The number of hydrogen-bond donors (Lipinski definition) is 2. The van der Waals surface area contributed by atoms with Gasteiger partial charge in [-0.25, -0.2) is 0 Å². The van der Waals surface area contributed by atoms with Gasteiger partial charge in [0.25, 0.3) is 5.91 Å². The summed E-state index contributed by atoms with van der Waals surface area (Å²) in [6.07, 6.45) is 0. The number of rotatable bonds is 5. The molecule has 26 heavy (non-hydrogen) atoms. The molecule has 2 N–H and O–H groups in total. The van der Waals surface area contributed by atoms with E-state index in [2.05, 4.69) is 5.32 Å². The van der Waals surface area contributed by atoms with Gasteiger partial charge in [-0.1, -0.05) is 78.4 Å². The molecule has 132 valence electrons. The molecule has 0 heterocycles. The Labute approximate surface area is 154 Å². The van der Waals surface area contributed by atoms with Crippen LogP contribution in [0.5, 0.6) is 0 Å². The van der Waals surface area contributed by atoms with Crippen LogP contribution >= 0.6 is 0 Å². The molecule has 0 unspecified atom stereocenters. The van der Waals surface area contributed by atoms with Crippen LogP contribution in [-0.4, -0.2) is 17.1 Å². The minimum absolute atomic E-state index is 0.206. The summed E-state index contributed by atoms with van der Waals surface area (Å²) in [4.78, 5) is 12.7. The molecule has 0 spiro atoms. The summed E-state index contributed by atoms with van der Waals surface area (Å²) < 4.78 is 0. The summed E-state index contributed by atoms with van der Waals surface area (Å²) in [5.74, 6) is -0.206. The van der Waals surface area contributed by atoms with Gasteiger partial charge in [-0.15, -0.1) is 0 Å². The van der Waals surface area contributed by atoms with Crippen molar-refractivity contribution in [2.24, 2.45) is 0 Å². The number of benzene rings is 3. The second kappa shape index (κ2) is 7.54. The van der Waals surface area contributed by atoms with Crippen LogP contribution < -0.4 is 5.32 Å². The van der Waals surface area contributed by atoms with E-state index in [9.17, 15) is 9.90 Å². The molecule has 0 aliphatic carbocycles. The molecule has 0 aliphatic heterocycles. The zero-order valence-corrected chi connectivity index (χ0v) is 15.0. The predicted molar refractivity (Wildman–Crippen MR) is 104 cm³/mol. The standard InChI is InChI=1S/C23H23NO2/c1-17-13-15-19(16-14-17)22(25)24-18(2)23(26,20-9-5-3-6-10-20)21-11-7-4-8-12-21/h3-16,18,26H,1-2H3,(H,24,25)/t18-/m0/s1. The predicted octanol–water partition coefficient (Wildman–Crippen LogP) is 4.05. The van der Waals surface area contributed by atoms with E-state index in [1.165, 1.54) is 0 Å². The maximum Gasteiger partial charge on any atom is 0.251 e. The topological polar surface area (TPSA) is 49.3 Å². The van der Waals surface area contributed by atoms with Gasteiger partial charge in [0.1, 0.15) is 5.60 Å². The fraction of sp³-hybridized carbons (Fsp3) is 0.174. The number of hydrogen-bond acceptors (Lipinski definition) is 2. The van der Waals surface area contributed by atoms with Crippen LogP contribution in [0.1, 0.15) is 34.0 Å². The molecule has 0 saturated heterocycles. The van der Waals surface area contributed by atoms with Crippen molar-refractivity contribution < 1.29 is 9.90 Å². The van der Waals surface area contributed by atoms with Crippen molar-refractivity contribution in [3.63, 3.8) is 0 Å². The van der Waals surface area contributed by atoms with Gasteiger partial charge in [0.05, 0.1) is 6.04 Å². The lowest BCUT2D eigenvalue weighted by Gasteiger charge is -2.35. The summed E-state index contributed by atoms with van der Waals surface area (Å²) in [5, 5.41) is 14.6. The Bertz CT molecular complexity index is 818. The fourth-order valence-corrected chi connectivity index (χ4v) is 3.14. The average molecular weight is 345 g/mol. The molecule has 3 aromatic carbocycles. The highest BCUT2D eigenvalue weighted by Gasteiger charge is 2.38. The third-order valence-corrected chi connectivity index (χ3v) is 4.72. The minimum Gasteiger partial charge on any atom is -0.378 e. The Kier molecular flexibility index (Phi) is 5.19. The average Bonchev–Trinajstić information content (AvgIpc) is 2.69. The van der Waals surface area contributed by atoms with E-state index in [0.717, 1.165) is 16.7 Å². The molecule has 3 aromatic rings. The second-order valence-electron chi connectivity index (χ2n) is 6.56. The van der Waals surface area contributed by atoms with Crippen LogP contribution in [0.25, 0.3) is 0 Å². The van der Waals surface area contributed by atoms with E-state index in [1.54, 1.807) is 12.1 Å². The fourth-order valence-electron chi connectivity index (χ4n) is 3.14. The Morgan fingerprint density at radius 3 is 1.77 bits per heavy atom. The van der Waals surface area contributed by atoms with Crippen LogP contribution in [0.15, 0.2) is 84.9 Å². The molecular formula is C23H23NO2. The van der Waals surface area contributed by atoms with E-state index in [0.29, 0.717) is 5.56 Å². The largest absolute Gasteiger partial charge is 0.378 e. The maximum atomic E-state index is 12.7. The number of aliphatic hydroxyl groups is 1. The lowest BCUT2D eigenvalue weighted by molar-refractivity contribution is 0.0404. The second-order valence-corrected chi connectivity index (χ2v) is 6.56. The minimum atomic E-state index is -1.33. The van der Waals surface area contributed by atoms with Crippen molar-refractivity contribution in [2.45, 2.75) is 25.5 Å².